The Bertz CT molecular complexity index is 352. The lowest BCUT2D eigenvalue weighted by atomic mass is 9.87. The van der Waals surface area contributed by atoms with Crippen LogP contribution < -0.4 is 0 Å². The minimum Gasteiger partial charge on any atom is -0.462 e. The first kappa shape index (κ1) is 13.7. The van der Waals surface area contributed by atoms with Crippen LogP contribution in [0.4, 0.5) is 0 Å². The molecule has 1 rings (SSSR count). The molecule has 1 heterocycles. The fourth-order valence-electron chi connectivity index (χ4n) is 2.02. The molecule has 0 radical (unpaired) electrons. The summed E-state index contributed by atoms with van der Waals surface area (Å²) in [4.78, 5) is 11.5. The largest absolute Gasteiger partial charge is 0.462 e. The number of ether oxygens (including phenoxy) is 2. The van der Waals surface area contributed by atoms with Gasteiger partial charge < -0.3 is 9.47 Å². The highest BCUT2D eigenvalue weighted by Crippen LogP contribution is 2.30. The summed E-state index contributed by atoms with van der Waals surface area (Å²) in [6, 6.07) is 1.91. The molecule has 4 nitrogen and oxygen atoms in total. The van der Waals surface area contributed by atoms with E-state index in [1.807, 2.05) is 19.9 Å². The molecule has 4 heteroatoms. The highest BCUT2D eigenvalue weighted by atomic mass is 16.5. The molecule has 1 saturated heterocycles. The van der Waals surface area contributed by atoms with Gasteiger partial charge in [0.2, 0.25) is 0 Å². The zero-order chi connectivity index (χ0) is 12.9. The Labute approximate surface area is 102 Å². The third-order valence-corrected chi connectivity index (χ3v) is 2.75. The van der Waals surface area contributed by atoms with E-state index in [0.717, 1.165) is 12.8 Å². The van der Waals surface area contributed by atoms with Crippen molar-refractivity contribution in [3.8, 4) is 6.07 Å². The standard InChI is InChI=1S/C13H19NO3/c1-4-16-12(15)11(9-14)7-10-5-6-17-13(2,3)8-10/h7,10H,4-6,8H2,1-3H3/b11-7+. The van der Waals surface area contributed by atoms with Crippen molar-refractivity contribution < 1.29 is 14.3 Å². The van der Waals surface area contributed by atoms with Gasteiger partial charge in [-0.25, -0.2) is 4.79 Å². The smallest absolute Gasteiger partial charge is 0.348 e. The lowest BCUT2D eigenvalue weighted by Gasteiger charge is -2.34. The van der Waals surface area contributed by atoms with E-state index in [2.05, 4.69) is 0 Å². The van der Waals surface area contributed by atoms with Gasteiger partial charge in [-0.1, -0.05) is 6.08 Å². The van der Waals surface area contributed by atoms with Gasteiger partial charge in [-0.3, -0.25) is 0 Å². The monoisotopic (exact) mass is 237 g/mol. The van der Waals surface area contributed by atoms with Crippen molar-refractivity contribution in [2.45, 2.75) is 39.2 Å². The summed E-state index contributed by atoms with van der Waals surface area (Å²) >= 11 is 0. The summed E-state index contributed by atoms with van der Waals surface area (Å²) in [5.74, 6) is -0.322. The average molecular weight is 237 g/mol. The van der Waals surface area contributed by atoms with Crippen molar-refractivity contribution in [1.29, 1.82) is 5.26 Å². The minimum atomic E-state index is -0.528. The molecule has 1 fully saturated rings. The molecule has 94 valence electrons. The third kappa shape index (κ3) is 4.20. The summed E-state index contributed by atoms with van der Waals surface area (Å²) in [7, 11) is 0. The molecular weight excluding hydrogens is 218 g/mol. The second kappa shape index (κ2) is 5.83. The van der Waals surface area contributed by atoms with Crippen molar-refractivity contribution in [2.24, 2.45) is 5.92 Å². The van der Waals surface area contributed by atoms with Crippen molar-refractivity contribution in [3.63, 3.8) is 0 Å². The maximum absolute atomic E-state index is 11.5. The van der Waals surface area contributed by atoms with Gasteiger partial charge in [0.1, 0.15) is 11.6 Å². The molecule has 0 bridgehead atoms. The number of hydrogen-bond donors (Lipinski definition) is 0. The second-order valence-electron chi connectivity index (χ2n) is 4.77. The van der Waals surface area contributed by atoms with E-state index in [1.54, 1.807) is 13.0 Å². The van der Waals surface area contributed by atoms with Gasteiger partial charge in [-0.05, 0) is 39.5 Å². The van der Waals surface area contributed by atoms with Gasteiger partial charge >= 0.3 is 5.97 Å². The molecule has 1 aliphatic heterocycles. The predicted molar refractivity (Wildman–Crippen MR) is 63.1 cm³/mol. The van der Waals surface area contributed by atoms with Gasteiger partial charge in [0.05, 0.1) is 12.2 Å². The van der Waals surface area contributed by atoms with Crippen LogP contribution in [0.3, 0.4) is 0 Å². The van der Waals surface area contributed by atoms with Crippen LogP contribution in [0.2, 0.25) is 0 Å². The maximum atomic E-state index is 11.5. The number of carbonyl (C=O) groups excluding carboxylic acids is 1. The van der Waals surface area contributed by atoms with Gasteiger partial charge in [-0.15, -0.1) is 0 Å². The molecule has 17 heavy (non-hydrogen) atoms. The van der Waals surface area contributed by atoms with Crippen molar-refractivity contribution in [2.75, 3.05) is 13.2 Å². The van der Waals surface area contributed by atoms with E-state index in [0.29, 0.717) is 6.61 Å². The lowest BCUT2D eigenvalue weighted by Crippen LogP contribution is -2.33. The zero-order valence-electron chi connectivity index (χ0n) is 10.7. The summed E-state index contributed by atoms with van der Waals surface area (Å²) in [6.45, 7) is 6.71. The summed E-state index contributed by atoms with van der Waals surface area (Å²) in [5.41, 5.74) is -0.0798. The Morgan fingerprint density at radius 1 is 1.65 bits per heavy atom. The van der Waals surface area contributed by atoms with Gasteiger partial charge in [0.15, 0.2) is 0 Å². The Kier molecular flexibility index (Phi) is 4.71. The van der Waals surface area contributed by atoms with Crippen molar-refractivity contribution in [1.82, 2.24) is 0 Å². The van der Waals surface area contributed by atoms with E-state index in [9.17, 15) is 4.79 Å². The molecule has 0 saturated carbocycles. The molecule has 1 aliphatic rings. The molecule has 1 unspecified atom stereocenters. The molecule has 0 spiro atoms. The van der Waals surface area contributed by atoms with Crippen LogP contribution in [0.25, 0.3) is 0 Å². The zero-order valence-corrected chi connectivity index (χ0v) is 10.7. The first-order valence-corrected chi connectivity index (χ1v) is 5.91. The van der Waals surface area contributed by atoms with E-state index >= 15 is 0 Å². The third-order valence-electron chi connectivity index (χ3n) is 2.75. The van der Waals surface area contributed by atoms with E-state index < -0.39 is 5.97 Å². The summed E-state index contributed by atoms with van der Waals surface area (Å²) in [5, 5.41) is 8.93. The van der Waals surface area contributed by atoms with Crippen LogP contribution in [0.5, 0.6) is 0 Å². The van der Waals surface area contributed by atoms with E-state index in [4.69, 9.17) is 14.7 Å². The second-order valence-corrected chi connectivity index (χ2v) is 4.77. The van der Waals surface area contributed by atoms with Crippen LogP contribution in [0.15, 0.2) is 11.6 Å². The lowest BCUT2D eigenvalue weighted by molar-refractivity contribution is -0.138. The molecular formula is C13H19NO3. The van der Waals surface area contributed by atoms with Gasteiger partial charge in [-0.2, -0.15) is 5.26 Å². The normalized spacial score (nSPS) is 23.9. The SMILES string of the molecule is CCOC(=O)/C(C#N)=C/C1CCOC(C)(C)C1. The van der Waals surface area contributed by atoms with Crippen molar-refractivity contribution in [3.05, 3.63) is 11.6 Å². The number of nitriles is 1. The Morgan fingerprint density at radius 3 is 2.88 bits per heavy atom. The number of esters is 1. The molecule has 0 amide bonds. The molecule has 1 atom stereocenters. The maximum Gasteiger partial charge on any atom is 0.348 e. The minimum absolute atomic E-state index is 0.106. The van der Waals surface area contributed by atoms with Crippen LogP contribution in [-0.4, -0.2) is 24.8 Å². The quantitative estimate of drug-likeness (QED) is 0.429. The van der Waals surface area contributed by atoms with Gasteiger partial charge in [0.25, 0.3) is 0 Å². The first-order valence-electron chi connectivity index (χ1n) is 5.91. The highest BCUT2D eigenvalue weighted by molar-refractivity contribution is 5.92. The molecule has 0 N–H and O–H groups in total. The Hall–Kier alpha value is -1.34. The number of rotatable bonds is 3. The summed E-state index contributed by atoms with van der Waals surface area (Å²) < 4.78 is 10.4. The fourth-order valence-corrected chi connectivity index (χ4v) is 2.02. The van der Waals surface area contributed by atoms with E-state index in [-0.39, 0.29) is 23.7 Å². The van der Waals surface area contributed by atoms with Crippen molar-refractivity contribution >= 4 is 5.97 Å². The number of carbonyl (C=O) groups is 1. The predicted octanol–water partition coefficient (Wildman–Crippen LogP) is 2.20. The Balaban J connectivity index is 2.72. The van der Waals surface area contributed by atoms with Crippen LogP contribution in [0, 0.1) is 17.2 Å². The molecule has 0 aliphatic carbocycles. The van der Waals surface area contributed by atoms with Gasteiger partial charge in [0, 0.05) is 6.61 Å². The topological polar surface area (TPSA) is 59.3 Å². The number of nitrogens with zero attached hydrogens (tertiary/aromatic N) is 1. The molecule has 0 aromatic heterocycles. The van der Waals surface area contributed by atoms with Crippen LogP contribution >= 0.6 is 0 Å². The number of allylic oxidation sites excluding steroid dienone is 1. The Morgan fingerprint density at radius 2 is 2.35 bits per heavy atom. The van der Waals surface area contributed by atoms with Crippen LogP contribution in [0.1, 0.15) is 33.6 Å². The van der Waals surface area contributed by atoms with Crippen LogP contribution in [-0.2, 0) is 14.3 Å². The number of hydrogen-bond acceptors (Lipinski definition) is 4. The molecule has 0 aromatic rings. The fraction of sp³-hybridized carbons (Fsp3) is 0.692. The highest BCUT2D eigenvalue weighted by Gasteiger charge is 2.28. The summed E-state index contributed by atoms with van der Waals surface area (Å²) in [6.07, 6.45) is 3.38. The average Bonchev–Trinajstić information content (AvgIpc) is 2.24. The first-order chi connectivity index (χ1) is 7.98. The molecule has 0 aromatic carbocycles. The van der Waals surface area contributed by atoms with E-state index in [1.165, 1.54) is 0 Å².